The van der Waals surface area contributed by atoms with Gasteiger partial charge in [0.1, 0.15) is 5.82 Å². The van der Waals surface area contributed by atoms with Crippen LogP contribution in [0.2, 0.25) is 5.02 Å². The van der Waals surface area contributed by atoms with E-state index < -0.39 is 0 Å². The van der Waals surface area contributed by atoms with Crippen molar-refractivity contribution in [1.82, 2.24) is 14.6 Å². The summed E-state index contributed by atoms with van der Waals surface area (Å²) >= 11 is 5.99. The minimum Gasteiger partial charge on any atom is -0.373 e. The molecule has 0 fully saturated rings. The minimum absolute atomic E-state index is 0.730. The lowest BCUT2D eigenvalue weighted by Crippen LogP contribution is -2.02. The molecule has 21 heavy (non-hydrogen) atoms. The first kappa shape index (κ1) is 13.9. The zero-order chi connectivity index (χ0) is 15.0. The van der Waals surface area contributed by atoms with E-state index >= 15 is 0 Å². The Morgan fingerprint density at radius 1 is 1.24 bits per heavy atom. The van der Waals surface area contributed by atoms with E-state index in [1.165, 1.54) is 0 Å². The second kappa shape index (κ2) is 5.37. The Morgan fingerprint density at radius 3 is 2.57 bits per heavy atom. The highest BCUT2D eigenvalue weighted by Crippen LogP contribution is 2.30. The Bertz CT molecular complexity index is 790. The quantitative estimate of drug-likeness (QED) is 0.796. The molecule has 0 aliphatic rings. The number of hydrogen-bond acceptors (Lipinski definition) is 3. The number of fused-ring (bicyclic) bond motifs is 1. The molecule has 0 radical (unpaired) electrons. The summed E-state index contributed by atoms with van der Waals surface area (Å²) in [5.41, 5.74) is 5.04. The lowest BCUT2D eigenvalue weighted by molar-refractivity contribution is 0.886. The second-order valence-corrected chi connectivity index (χ2v) is 5.39. The number of aromatic nitrogens is 3. The molecule has 1 aromatic carbocycles. The fourth-order valence-corrected chi connectivity index (χ4v) is 2.65. The zero-order valence-electron chi connectivity index (χ0n) is 12.3. The van der Waals surface area contributed by atoms with Gasteiger partial charge in [-0.2, -0.15) is 9.61 Å². The van der Waals surface area contributed by atoms with Crippen molar-refractivity contribution < 1.29 is 0 Å². The summed E-state index contributed by atoms with van der Waals surface area (Å²) in [5, 5.41) is 8.61. The van der Waals surface area contributed by atoms with Crippen LogP contribution in [0.1, 0.15) is 18.3 Å². The van der Waals surface area contributed by atoms with Gasteiger partial charge in [0.05, 0.1) is 5.69 Å². The molecule has 0 aliphatic carbocycles. The van der Waals surface area contributed by atoms with Crippen molar-refractivity contribution in [3.63, 3.8) is 0 Å². The third-order valence-electron chi connectivity index (χ3n) is 3.51. The second-order valence-electron chi connectivity index (χ2n) is 4.95. The molecule has 5 heteroatoms. The molecule has 0 atom stereocenters. The highest BCUT2D eigenvalue weighted by atomic mass is 35.5. The largest absolute Gasteiger partial charge is 0.373 e. The van der Waals surface area contributed by atoms with E-state index in [9.17, 15) is 0 Å². The van der Waals surface area contributed by atoms with Gasteiger partial charge in [-0.25, -0.2) is 4.98 Å². The average Bonchev–Trinajstić information content (AvgIpc) is 2.85. The molecule has 0 aliphatic heterocycles. The number of anilines is 1. The van der Waals surface area contributed by atoms with Crippen molar-refractivity contribution in [3.05, 3.63) is 46.7 Å². The fraction of sp³-hybridized carbons (Fsp3) is 0.250. The number of nitrogens with zero attached hydrogens (tertiary/aromatic N) is 3. The van der Waals surface area contributed by atoms with Crippen molar-refractivity contribution >= 4 is 23.1 Å². The summed E-state index contributed by atoms with van der Waals surface area (Å²) < 4.78 is 1.87. The van der Waals surface area contributed by atoms with Crippen LogP contribution in [0.4, 0.5) is 5.82 Å². The topological polar surface area (TPSA) is 42.2 Å². The van der Waals surface area contributed by atoms with Crippen LogP contribution in [-0.2, 0) is 6.42 Å². The number of hydrogen-bond donors (Lipinski definition) is 1. The van der Waals surface area contributed by atoms with E-state index in [4.69, 9.17) is 16.7 Å². The van der Waals surface area contributed by atoms with Crippen LogP contribution in [-0.4, -0.2) is 21.6 Å². The molecule has 4 nitrogen and oxygen atoms in total. The molecular formula is C16H17ClN4. The van der Waals surface area contributed by atoms with Gasteiger partial charge in [-0.3, -0.25) is 0 Å². The predicted molar refractivity (Wildman–Crippen MR) is 87.1 cm³/mol. The van der Waals surface area contributed by atoms with Crippen molar-refractivity contribution in [1.29, 1.82) is 0 Å². The van der Waals surface area contributed by atoms with Crippen molar-refractivity contribution in [2.24, 2.45) is 0 Å². The Kier molecular flexibility index (Phi) is 3.55. The SMILES string of the molecule is CCc1nn2c(NC)cc(C)nc2c1-c1ccc(Cl)cc1. The fourth-order valence-electron chi connectivity index (χ4n) is 2.52. The third kappa shape index (κ3) is 2.36. The summed E-state index contributed by atoms with van der Waals surface area (Å²) in [5.74, 6) is 0.937. The third-order valence-corrected chi connectivity index (χ3v) is 3.77. The molecule has 3 aromatic rings. The van der Waals surface area contributed by atoms with Crippen LogP contribution < -0.4 is 5.32 Å². The van der Waals surface area contributed by atoms with Crippen LogP contribution in [0.5, 0.6) is 0 Å². The lowest BCUT2D eigenvalue weighted by atomic mass is 10.0. The zero-order valence-corrected chi connectivity index (χ0v) is 13.1. The maximum Gasteiger partial charge on any atom is 0.165 e. The Balaban J connectivity index is 2.34. The number of rotatable bonds is 3. The maximum atomic E-state index is 5.99. The molecule has 0 bridgehead atoms. The van der Waals surface area contributed by atoms with E-state index in [1.807, 2.05) is 48.8 Å². The van der Waals surface area contributed by atoms with Crippen LogP contribution in [0.25, 0.3) is 16.8 Å². The normalized spacial score (nSPS) is 11.0. The van der Waals surface area contributed by atoms with Gasteiger partial charge in [0.25, 0.3) is 0 Å². The summed E-state index contributed by atoms with van der Waals surface area (Å²) in [6, 6.07) is 9.82. The van der Waals surface area contributed by atoms with E-state index in [2.05, 4.69) is 17.2 Å². The Labute approximate surface area is 128 Å². The van der Waals surface area contributed by atoms with E-state index in [0.717, 1.165) is 45.4 Å². The van der Waals surface area contributed by atoms with Crippen LogP contribution in [0.3, 0.4) is 0 Å². The van der Waals surface area contributed by atoms with Crippen molar-refractivity contribution in [2.45, 2.75) is 20.3 Å². The van der Waals surface area contributed by atoms with Gasteiger partial charge < -0.3 is 5.32 Å². The number of halogens is 1. The van der Waals surface area contributed by atoms with E-state index in [1.54, 1.807) is 0 Å². The first-order valence-corrected chi connectivity index (χ1v) is 7.34. The molecule has 1 N–H and O–H groups in total. The Morgan fingerprint density at radius 2 is 1.95 bits per heavy atom. The molecule has 2 heterocycles. The van der Waals surface area contributed by atoms with Crippen LogP contribution in [0, 0.1) is 6.92 Å². The van der Waals surface area contributed by atoms with Gasteiger partial charge in [-0.15, -0.1) is 0 Å². The molecule has 108 valence electrons. The number of nitrogens with one attached hydrogen (secondary N) is 1. The van der Waals surface area contributed by atoms with Gasteiger partial charge >= 0.3 is 0 Å². The smallest absolute Gasteiger partial charge is 0.165 e. The van der Waals surface area contributed by atoms with Gasteiger partial charge in [-0.1, -0.05) is 30.7 Å². The molecule has 0 spiro atoms. The van der Waals surface area contributed by atoms with Gasteiger partial charge in [0.2, 0.25) is 0 Å². The molecule has 0 unspecified atom stereocenters. The monoisotopic (exact) mass is 300 g/mol. The Hall–Kier alpha value is -2.07. The lowest BCUT2D eigenvalue weighted by Gasteiger charge is -2.06. The summed E-state index contributed by atoms with van der Waals surface area (Å²) in [6.07, 6.45) is 0.851. The summed E-state index contributed by atoms with van der Waals surface area (Å²) in [6.45, 7) is 4.10. The highest BCUT2D eigenvalue weighted by Gasteiger charge is 2.17. The van der Waals surface area contributed by atoms with E-state index in [-0.39, 0.29) is 0 Å². The molecular weight excluding hydrogens is 284 g/mol. The standard InChI is InChI=1S/C16H17ClN4/c1-4-13-15(11-5-7-12(17)8-6-11)16-19-10(2)9-14(18-3)21(16)20-13/h5-9,18H,4H2,1-3H3. The molecule has 3 rings (SSSR count). The van der Waals surface area contributed by atoms with Gasteiger partial charge in [0, 0.05) is 29.4 Å². The summed E-state index contributed by atoms with van der Waals surface area (Å²) in [7, 11) is 1.89. The van der Waals surface area contributed by atoms with Gasteiger partial charge in [-0.05, 0) is 31.0 Å². The van der Waals surface area contributed by atoms with Crippen molar-refractivity contribution in [3.8, 4) is 11.1 Å². The number of benzene rings is 1. The minimum atomic E-state index is 0.730. The van der Waals surface area contributed by atoms with E-state index in [0.29, 0.717) is 0 Å². The van der Waals surface area contributed by atoms with Crippen LogP contribution >= 0.6 is 11.6 Å². The molecule has 0 saturated heterocycles. The predicted octanol–water partition coefficient (Wildman–Crippen LogP) is 3.96. The maximum absolute atomic E-state index is 5.99. The highest BCUT2D eigenvalue weighted by molar-refractivity contribution is 6.30. The van der Waals surface area contributed by atoms with Crippen LogP contribution in [0.15, 0.2) is 30.3 Å². The molecule has 0 amide bonds. The first-order chi connectivity index (χ1) is 10.1. The molecule has 2 aromatic heterocycles. The first-order valence-electron chi connectivity index (χ1n) is 6.97. The van der Waals surface area contributed by atoms with Crippen molar-refractivity contribution in [2.75, 3.05) is 12.4 Å². The average molecular weight is 301 g/mol. The molecule has 0 saturated carbocycles. The summed E-state index contributed by atoms with van der Waals surface area (Å²) in [4.78, 5) is 4.68. The van der Waals surface area contributed by atoms with Gasteiger partial charge in [0.15, 0.2) is 5.65 Å². The number of aryl methyl sites for hydroxylation is 2.